The van der Waals surface area contributed by atoms with Crippen molar-refractivity contribution >= 4 is 21.4 Å². The number of benzene rings is 1. The van der Waals surface area contributed by atoms with Crippen molar-refractivity contribution in [3.63, 3.8) is 0 Å². The SMILES string of the molecule is CN(C(=O)C1CCCCS1(=O)=O)c1ccc2c(c1)OCO2. The quantitative estimate of drug-likeness (QED) is 0.824. The molecule has 1 atom stereocenters. The van der Waals surface area contributed by atoms with Crippen LogP contribution in [0.25, 0.3) is 0 Å². The van der Waals surface area contributed by atoms with Gasteiger partial charge in [0.1, 0.15) is 5.25 Å². The number of rotatable bonds is 2. The number of anilines is 1. The van der Waals surface area contributed by atoms with E-state index in [1.807, 2.05) is 0 Å². The van der Waals surface area contributed by atoms with Gasteiger partial charge in [-0.3, -0.25) is 4.79 Å². The number of amides is 1. The van der Waals surface area contributed by atoms with E-state index in [1.54, 1.807) is 25.2 Å². The summed E-state index contributed by atoms with van der Waals surface area (Å²) in [7, 11) is -1.75. The minimum Gasteiger partial charge on any atom is -0.454 e. The molecule has 1 amide bonds. The molecule has 1 aromatic rings. The van der Waals surface area contributed by atoms with E-state index < -0.39 is 15.1 Å². The molecule has 6 nitrogen and oxygen atoms in total. The molecule has 1 aromatic carbocycles. The molecule has 1 fully saturated rings. The molecule has 0 bridgehead atoms. The van der Waals surface area contributed by atoms with Gasteiger partial charge in [-0.25, -0.2) is 8.42 Å². The average Bonchev–Trinajstić information content (AvgIpc) is 2.92. The van der Waals surface area contributed by atoms with Crippen LogP contribution in [0.5, 0.6) is 11.5 Å². The smallest absolute Gasteiger partial charge is 0.245 e. The largest absolute Gasteiger partial charge is 0.454 e. The van der Waals surface area contributed by atoms with Crippen LogP contribution in [-0.4, -0.2) is 39.2 Å². The zero-order valence-electron chi connectivity index (χ0n) is 11.7. The van der Waals surface area contributed by atoms with E-state index in [9.17, 15) is 13.2 Å². The normalized spacial score (nSPS) is 22.8. The molecule has 2 heterocycles. The third kappa shape index (κ3) is 2.57. The van der Waals surface area contributed by atoms with Gasteiger partial charge in [-0.15, -0.1) is 0 Å². The zero-order chi connectivity index (χ0) is 15.0. The summed E-state index contributed by atoms with van der Waals surface area (Å²) in [6, 6.07) is 5.13. The maximum atomic E-state index is 12.5. The Labute approximate surface area is 123 Å². The van der Waals surface area contributed by atoms with Crippen LogP contribution in [0.2, 0.25) is 0 Å². The summed E-state index contributed by atoms with van der Waals surface area (Å²) in [5.41, 5.74) is 0.602. The van der Waals surface area contributed by atoms with Gasteiger partial charge in [-0.05, 0) is 25.0 Å². The van der Waals surface area contributed by atoms with Crippen LogP contribution in [-0.2, 0) is 14.6 Å². The zero-order valence-corrected chi connectivity index (χ0v) is 12.6. The molecule has 0 aliphatic carbocycles. The number of fused-ring (bicyclic) bond motifs is 1. The lowest BCUT2D eigenvalue weighted by Crippen LogP contribution is -2.43. The summed E-state index contributed by atoms with van der Waals surface area (Å²) in [6.07, 6.45) is 1.81. The second-order valence-electron chi connectivity index (χ2n) is 5.29. The predicted octanol–water partition coefficient (Wildman–Crippen LogP) is 1.35. The standard InChI is InChI=1S/C14H17NO5S/c1-15(10-5-6-11-12(8-10)20-9-19-11)14(16)13-4-2-3-7-21(13,17)18/h5-6,8,13H,2-4,7,9H2,1H3. The highest BCUT2D eigenvalue weighted by Gasteiger charge is 2.37. The molecule has 2 aliphatic heterocycles. The summed E-state index contributed by atoms with van der Waals surface area (Å²) >= 11 is 0. The van der Waals surface area contributed by atoms with E-state index in [-0.39, 0.29) is 18.5 Å². The molecular formula is C14H17NO5S. The minimum atomic E-state index is -3.33. The number of nitrogens with zero attached hydrogens (tertiary/aromatic N) is 1. The number of sulfone groups is 1. The molecule has 21 heavy (non-hydrogen) atoms. The van der Waals surface area contributed by atoms with Gasteiger partial charge in [0.05, 0.1) is 5.75 Å². The number of carbonyl (C=O) groups excluding carboxylic acids is 1. The van der Waals surface area contributed by atoms with Crippen LogP contribution in [0.3, 0.4) is 0 Å². The predicted molar refractivity (Wildman–Crippen MR) is 77.4 cm³/mol. The Morgan fingerprint density at radius 3 is 2.76 bits per heavy atom. The molecule has 2 aliphatic rings. The van der Waals surface area contributed by atoms with Crippen molar-refractivity contribution < 1.29 is 22.7 Å². The molecule has 114 valence electrons. The molecule has 1 unspecified atom stereocenters. The van der Waals surface area contributed by atoms with E-state index in [4.69, 9.17) is 9.47 Å². The van der Waals surface area contributed by atoms with Gasteiger partial charge in [0.2, 0.25) is 12.7 Å². The Kier molecular flexibility index (Phi) is 3.52. The third-order valence-corrected chi connectivity index (χ3v) is 6.09. The Hall–Kier alpha value is -1.76. The maximum Gasteiger partial charge on any atom is 0.245 e. The van der Waals surface area contributed by atoms with Gasteiger partial charge < -0.3 is 14.4 Å². The second-order valence-corrected chi connectivity index (χ2v) is 7.59. The van der Waals surface area contributed by atoms with Crippen molar-refractivity contribution in [2.75, 3.05) is 24.5 Å². The van der Waals surface area contributed by atoms with Crippen molar-refractivity contribution in [3.05, 3.63) is 18.2 Å². The summed E-state index contributed by atoms with van der Waals surface area (Å²) in [5.74, 6) is 0.912. The molecule has 7 heteroatoms. The molecule has 1 saturated heterocycles. The fourth-order valence-corrected chi connectivity index (χ4v) is 4.55. The van der Waals surface area contributed by atoms with Crippen LogP contribution in [0, 0.1) is 0 Å². The number of ether oxygens (including phenoxy) is 2. The third-order valence-electron chi connectivity index (χ3n) is 3.93. The van der Waals surface area contributed by atoms with Crippen molar-refractivity contribution in [2.24, 2.45) is 0 Å². The van der Waals surface area contributed by atoms with Crippen molar-refractivity contribution in [1.82, 2.24) is 0 Å². The van der Waals surface area contributed by atoms with Crippen LogP contribution in [0.4, 0.5) is 5.69 Å². The lowest BCUT2D eigenvalue weighted by atomic mass is 10.1. The fourth-order valence-electron chi connectivity index (χ4n) is 2.67. The Morgan fingerprint density at radius 2 is 2.00 bits per heavy atom. The molecule has 0 N–H and O–H groups in total. The minimum absolute atomic E-state index is 0.0956. The highest BCUT2D eigenvalue weighted by molar-refractivity contribution is 7.92. The van der Waals surface area contributed by atoms with Gasteiger partial charge in [-0.1, -0.05) is 6.42 Å². The first-order valence-corrected chi connectivity index (χ1v) is 8.59. The van der Waals surface area contributed by atoms with Crippen LogP contribution < -0.4 is 14.4 Å². The highest BCUT2D eigenvalue weighted by Crippen LogP contribution is 2.35. The molecule has 0 spiro atoms. The van der Waals surface area contributed by atoms with E-state index >= 15 is 0 Å². The van der Waals surface area contributed by atoms with Gasteiger partial charge in [-0.2, -0.15) is 0 Å². The van der Waals surface area contributed by atoms with Crippen molar-refractivity contribution in [3.8, 4) is 11.5 Å². The maximum absolute atomic E-state index is 12.5. The van der Waals surface area contributed by atoms with Crippen LogP contribution in [0.1, 0.15) is 19.3 Å². The highest BCUT2D eigenvalue weighted by atomic mass is 32.2. The van der Waals surface area contributed by atoms with Crippen molar-refractivity contribution in [1.29, 1.82) is 0 Å². The molecule has 0 aromatic heterocycles. The molecule has 3 rings (SSSR count). The summed E-state index contributed by atoms with van der Waals surface area (Å²) in [4.78, 5) is 13.9. The van der Waals surface area contributed by atoms with E-state index in [2.05, 4.69) is 0 Å². The number of carbonyl (C=O) groups is 1. The molecular weight excluding hydrogens is 294 g/mol. The lowest BCUT2D eigenvalue weighted by molar-refractivity contribution is -0.118. The van der Waals surface area contributed by atoms with Crippen LogP contribution in [0.15, 0.2) is 18.2 Å². The first-order valence-electron chi connectivity index (χ1n) is 6.88. The summed E-state index contributed by atoms with van der Waals surface area (Å²) in [5, 5.41) is -0.929. The topological polar surface area (TPSA) is 72.9 Å². The summed E-state index contributed by atoms with van der Waals surface area (Å²) in [6.45, 7) is 0.160. The van der Waals surface area contributed by atoms with Gasteiger partial charge in [0, 0.05) is 18.8 Å². The average molecular weight is 311 g/mol. The fraction of sp³-hybridized carbons (Fsp3) is 0.500. The number of hydrogen-bond donors (Lipinski definition) is 0. The Morgan fingerprint density at radius 1 is 1.24 bits per heavy atom. The first kappa shape index (κ1) is 14.2. The van der Waals surface area contributed by atoms with E-state index in [0.29, 0.717) is 30.0 Å². The first-order chi connectivity index (χ1) is 9.99. The van der Waals surface area contributed by atoms with E-state index in [0.717, 1.165) is 6.42 Å². The second kappa shape index (κ2) is 5.22. The number of hydrogen-bond acceptors (Lipinski definition) is 5. The van der Waals surface area contributed by atoms with E-state index in [1.165, 1.54) is 4.90 Å². The molecule has 0 saturated carbocycles. The summed E-state index contributed by atoms with van der Waals surface area (Å²) < 4.78 is 34.6. The Balaban J connectivity index is 1.84. The monoisotopic (exact) mass is 311 g/mol. The van der Waals surface area contributed by atoms with Gasteiger partial charge >= 0.3 is 0 Å². The molecule has 0 radical (unpaired) electrons. The van der Waals surface area contributed by atoms with Gasteiger partial charge in [0.25, 0.3) is 0 Å². The van der Waals surface area contributed by atoms with Crippen molar-refractivity contribution in [2.45, 2.75) is 24.5 Å². The van der Waals surface area contributed by atoms with Crippen LogP contribution >= 0.6 is 0 Å². The van der Waals surface area contributed by atoms with Gasteiger partial charge in [0.15, 0.2) is 21.3 Å². The lowest BCUT2D eigenvalue weighted by Gasteiger charge is -2.26. The Bertz CT molecular complexity index is 670.